The molecule has 1 saturated heterocycles. The minimum atomic E-state index is 0.528. The topological polar surface area (TPSA) is 45.2 Å². The Morgan fingerprint density at radius 1 is 1.00 bits per heavy atom. The summed E-state index contributed by atoms with van der Waals surface area (Å²) in [5, 5.41) is 11.3. The number of hydrogen-bond donors (Lipinski definition) is 1. The van der Waals surface area contributed by atoms with Gasteiger partial charge in [-0.25, -0.2) is 0 Å². The van der Waals surface area contributed by atoms with Crippen LogP contribution in [-0.4, -0.2) is 49.7 Å². The zero-order valence-electron chi connectivity index (χ0n) is 9.93. The van der Waals surface area contributed by atoms with Gasteiger partial charge in [0.2, 0.25) is 0 Å². The minimum absolute atomic E-state index is 0.528. The smallest absolute Gasteiger partial charge is 0.186 e. The van der Waals surface area contributed by atoms with E-state index in [1.54, 1.807) is 0 Å². The summed E-state index contributed by atoms with van der Waals surface area (Å²) in [6.07, 6.45) is 0. The lowest BCUT2D eigenvalue weighted by Gasteiger charge is -2.35. The maximum atomic E-state index is 9.39. The molecule has 18 heavy (non-hydrogen) atoms. The number of anilines is 1. The highest BCUT2D eigenvalue weighted by molar-refractivity contribution is 6.32. The predicted octanol–water partition coefficient (Wildman–Crippen LogP) is 1.62. The fourth-order valence-electron chi connectivity index (χ4n) is 2.28. The van der Waals surface area contributed by atoms with E-state index >= 15 is 0 Å². The molecule has 3 rings (SSSR count). The first-order valence-electron chi connectivity index (χ1n) is 6.02. The monoisotopic (exact) mass is 270 g/mol. The first kappa shape index (κ1) is 11.9. The van der Waals surface area contributed by atoms with Crippen molar-refractivity contribution in [2.75, 3.05) is 44.3 Å². The Kier molecular flexibility index (Phi) is 3.20. The number of nitrogens with zero attached hydrogens (tertiary/aromatic N) is 2. The molecule has 2 aliphatic rings. The summed E-state index contributed by atoms with van der Waals surface area (Å²) in [6, 6.07) is 3.78. The number of halogens is 1. The Morgan fingerprint density at radius 3 is 2.39 bits per heavy atom. The van der Waals surface area contributed by atoms with Crippen LogP contribution in [0.15, 0.2) is 12.1 Å². The zero-order chi connectivity index (χ0) is 12.5. The lowest BCUT2D eigenvalue weighted by atomic mass is 10.2. The van der Waals surface area contributed by atoms with Crippen LogP contribution in [0.1, 0.15) is 0 Å². The third-order valence-corrected chi connectivity index (χ3v) is 3.51. The van der Waals surface area contributed by atoms with Crippen LogP contribution in [0.4, 0.5) is 5.69 Å². The molecule has 0 unspecified atom stereocenters. The van der Waals surface area contributed by atoms with Crippen molar-refractivity contribution in [3.8, 4) is 11.5 Å². The van der Waals surface area contributed by atoms with Crippen molar-refractivity contribution in [2.45, 2.75) is 0 Å². The molecule has 2 heterocycles. The molecule has 2 aliphatic heterocycles. The van der Waals surface area contributed by atoms with E-state index in [0.717, 1.165) is 24.5 Å². The summed E-state index contributed by atoms with van der Waals surface area (Å²) in [6.45, 7) is 3.83. The van der Waals surface area contributed by atoms with Crippen molar-refractivity contribution in [3.63, 3.8) is 0 Å². The van der Waals surface area contributed by atoms with E-state index < -0.39 is 0 Å². The highest BCUT2D eigenvalue weighted by Crippen LogP contribution is 2.44. The number of ether oxygens (including phenoxy) is 2. The van der Waals surface area contributed by atoms with E-state index in [1.807, 2.05) is 12.1 Å². The number of hydroxylamine groups is 2. The molecular formula is C12H15ClN2O3. The number of rotatable bonds is 1. The van der Waals surface area contributed by atoms with Crippen LogP contribution in [0.3, 0.4) is 0 Å². The highest BCUT2D eigenvalue weighted by atomic mass is 35.5. The third-order valence-electron chi connectivity index (χ3n) is 3.22. The first-order valence-corrected chi connectivity index (χ1v) is 6.40. The largest absolute Gasteiger partial charge is 0.484 e. The summed E-state index contributed by atoms with van der Waals surface area (Å²) in [4.78, 5) is 2.18. The van der Waals surface area contributed by atoms with Gasteiger partial charge < -0.3 is 19.6 Å². The van der Waals surface area contributed by atoms with Crippen molar-refractivity contribution in [1.82, 2.24) is 5.06 Å². The summed E-state index contributed by atoms with van der Waals surface area (Å²) in [5.41, 5.74) is 0.988. The standard InChI is InChI=1S/C12H15ClN2O3/c13-9-1-2-10(12-11(9)17-7-8-18-12)14-3-5-15(16)6-4-14/h1-2,16H,3-8H2. The Hall–Kier alpha value is -1.17. The predicted molar refractivity (Wildman–Crippen MR) is 68.0 cm³/mol. The molecule has 0 radical (unpaired) electrons. The molecule has 0 aliphatic carbocycles. The first-order chi connectivity index (χ1) is 8.75. The molecule has 98 valence electrons. The fraction of sp³-hybridized carbons (Fsp3) is 0.500. The second kappa shape index (κ2) is 4.84. The summed E-state index contributed by atoms with van der Waals surface area (Å²) in [5.74, 6) is 1.35. The van der Waals surface area contributed by atoms with Gasteiger partial charge in [-0.05, 0) is 12.1 Å². The molecule has 1 fully saturated rings. The van der Waals surface area contributed by atoms with E-state index in [-0.39, 0.29) is 0 Å². The van der Waals surface area contributed by atoms with Crippen molar-refractivity contribution in [1.29, 1.82) is 0 Å². The van der Waals surface area contributed by atoms with Crippen molar-refractivity contribution < 1.29 is 14.7 Å². The van der Waals surface area contributed by atoms with Gasteiger partial charge in [-0.15, -0.1) is 0 Å². The molecule has 0 aromatic heterocycles. The maximum Gasteiger partial charge on any atom is 0.186 e. The van der Waals surface area contributed by atoms with Crippen molar-refractivity contribution in [2.24, 2.45) is 0 Å². The van der Waals surface area contributed by atoms with E-state index in [4.69, 9.17) is 21.1 Å². The molecule has 5 nitrogen and oxygen atoms in total. The van der Waals surface area contributed by atoms with Crippen LogP contribution < -0.4 is 14.4 Å². The summed E-state index contributed by atoms with van der Waals surface area (Å²) >= 11 is 6.10. The minimum Gasteiger partial charge on any atom is -0.484 e. The quantitative estimate of drug-likeness (QED) is 0.840. The molecule has 0 bridgehead atoms. The normalized spacial score (nSPS) is 20.0. The van der Waals surface area contributed by atoms with Crippen LogP contribution in [0.5, 0.6) is 11.5 Å². The van der Waals surface area contributed by atoms with Gasteiger partial charge in [0.1, 0.15) is 13.2 Å². The second-order valence-corrected chi connectivity index (χ2v) is 4.77. The molecule has 1 aromatic rings. The van der Waals surface area contributed by atoms with E-state index in [0.29, 0.717) is 37.1 Å². The van der Waals surface area contributed by atoms with E-state index in [1.165, 1.54) is 5.06 Å². The number of hydrogen-bond acceptors (Lipinski definition) is 5. The SMILES string of the molecule is ON1CCN(c2ccc(Cl)c3c2OCCO3)CC1. The average Bonchev–Trinajstić information content (AvgIpc) is 2.41. The van der Waals surface area contributed by atoms with E-state index in [9.17, 15) is 5.21 Å². The molecule has 1 N–H and O–H groups in total. The molecular weight excluding hydrogens is 256 g/mol. The van der Waals surface area contributed by atoms with Gasteiger partial charge in [-0.2, -0.15) is 5.06 Å². The third kappa shape index (κ3) is 2.09. The number of piperazine rings is 1. The van der Waals surface area contributed by atoms with Gasteiger partial charge >= 0.3 is 0 Å². The van der Waals surface area contributed by atoms with Gasteiger partial charge in [0.05, 0.1) is 10.7 Å². The maximum absolute atomic E-state index is 9.39. The van der Waals surface area contributed by atoms with Gasteiger partial charge in [-0.3, -0.25) is 0 Å². The van der Waals surface area contributed by atoms with Gasteiger partial charge in [0, 0.05) is 26.2 Å². The van der Waals surface area contributed by atoms with Crippen LogP contribution in [-0.2, 0) is 0 Å². The molecule has 0 amide bonds. The molecule has 0 spiro atoms. The lowest BCUT2D eigenvalue weighted by molar-refractivity contribution is -0.0936. The van der Waals surface area contributed by atoms with Crippen molar-refractivity contribution >= 4 is 17.3 Å². The highest BCUT2D eigenvalue weighted by Gasteiger charge is 2.24. The molecule has 0 saturated carbocycles. The Morgan fingerprint density at radius 2 is 1.67 bits per heavy atom. The van der Waals surface area contributed by atoms with Gasteiger partial charge in [0.25, 0.3) is 0 Å². The van der Waals surface area contributed by atoms with Crippen molar-refractivity contribution in [3.05, 3.63) is 17.2 Å². The Labute approximate surface area is 110 Å². The second-order valence-electron chi connectivity index (χ2n) is 4.36. The van der Waals surface area contributed by atoms with Crippen LogP contribution >= 0.6 is 11.6 Å². The van der Waals surface area contributed by atoms with Gasteiger partial charge in [0.15, 0.2) is 11.5 Å². The van der Waals surface area contributed by atoms with Crippen LogP contribution in [0, 0.1) is 0 Å². The number of fused-ring (bicyclic) bond motifs is 1. The van der Waals surface area contributed by atoms with E-state index in [2.05, 4.69) is 4.90 Å². The summed E-state index contributed by atoms with van der Waals surface area (Å²) < 4.78 is 11.3. The average molecular weight is 271 g/mol. The molecule has 1 aromatic carbocycles. The fourth-order valence-corrected chi connectivity index (χ4v) is 2.48. The van der Waals surface area contributed by atoms with Crippen LogP contribution in [0.25, 0.3) is 0 Å². The zero-order valence-corrected chi connectivity index (χ0v) is 10.7. The van der Waals surface area contributed by atoms with Gasteiger partial charge in [-0.1, -0.05) is 11.6 Å². The van der Waals surface area contributed by atoms with Crippen LogP contribution in [0.2, 0.25) is 5.02 Å². The number of benzene rings is 1. The lowest BCUT2D eigenvalue weighted by Crippen LogP contribution is -2.45. The summed E-state index contributed by atoms with van der Waals surface area (Å²) in [7, 11) is 0. The molecule has 0 atom stereocenters. The Bertz CT molecular complexity index is 447. The Balaban J connectivity index is 1.92. The molecule has 6 heteroatoms.